The molecule has 4 nitrogen and oxygen atoms in total. The zero-order valence-corrected chi connectivity index (χ0v) is 17.1. The number of amides is 1. The van der Waals surface area contributed by atoms with E-state index in [0.717, 1.165) is 28.5 Å². The van der Waals surface area contributed by atoms with Crippen molar-refractivity contribution in [2.45, 2.75) is 13.3 Å². The molecule has 30 heavy (non-hydrogen) atoms. The smallest absolute Gasteiger partial charge is 0.256 e. The fraction of sp³-hybridized carbons (Fsp3) is 0.192. The Labute approximate surface area is 177 Å². The van der Waals surface area contributed by atoms with Crippen LogP contribution in [0.2, 0.25) is 0 Å². The van der Waals surface area contributed by atoms with Crippen molar-refractivity contribution < 1.29 is 14.3 Å². The van der Waals surface area contributed by atoms with Crippen LogP contribution in [0.25, 0.3) is 10.8 Å². The monoisotopic (exact) mass is 399 g/mol. The summed E-state index contributed by atoms with van der Waals surface area (Å²) < 4.78 is 11.4. The first-order valence-corrected chi connectivity index (χ1v) is 9.94. The van der Waals surface area contributed by atoms with Crippen LogP contribution in [0.5, 0.6) is 11.5 Å². The van der Waals surface area contributed by atoms with Crippen molar-refractivity contribution in [3.8, 4) is 23.3 Å². The van der Waals surface area contributed by atoms with Crippen LogP contribution in [0, 0.1) is 11.8 Å². The lowest BCUT2D eigenvalue weighted by Gasteiger charge is -2.12. The molecule has 3 aromatic rings. The standard InChI is InChI=1S/C26H25NO3/c1-3-11-21-13-6-8-15-23(21)30-19-10-9-18-27-26(28)25-22-14-7-5-12-20(22)16-17-24(25)29-4-2/h3,5-8,12-17H,1,4,11,18-19H2,2H3,(H,27,28). The zero-order chi connectivity index (χ0) is 21.2. The summed E-state index contributed by atoms with van der Waals surface area (Å²) in [5.41, 5.74) is 1.60. The van der Waals surface area contributed by atoms with Crippen molar-refractivity contribution in [1.82, 2.24) is 5.32 Å². The molecule has 0 fully saturated rings. The van der Waals surface area contributed by atoms with E-state index in [0.29, 0.717) is 17.9 Å². The number of fused-ring (bicyclic) bond motifs is 1. The Balaban J connectivity index is 1.62. The molecule has 0 aliphatic rings. The molecule has 3 rings (SSSR count). The molecule has 0 unspecified atom stereocenters. The van der Waals surface area contributed by atoms with Gasteiger partial charge in [0, 0.05) is 0 Å². The number of carbonyl (C=O) groups is 1. The molecule has 1 amide bonds. The molecule has 0 radical (unpaired) electrons. The maximum Gasteiger partial charge on any atom is 0.256 e. The van der Waals surface area contributed by atoms with Gasteiger partial charge in [-0.05, 0) is 41.8 Å². The van der Waals surface area contributed by atoms with Gasteiger partial charge in [0.05, 0.1) is 18.7 Å². The van der Waals surface area contributed by atoms with Gasteiger partial charge in [-0.25, -0.2) is 0 Å². The highest BCUT2D eigenvalue weighted by atomic mass is 16.5. The Kier molecular flexibility index (Phi) is 7.51. The molecule has 0 saturated heterocycles. The van der Waals surface area contributed by atoms with Crippen molar-refractivity contribution in [3.05, 3.63) is 84.4 Å². The highest BCUT2D eigenvalue weighted by Crippen LogP contribution is 2.28. The Bertz CT molecular complexity index is 1090. The maximum absolute atomic E-state index is 12.8. The fourth-order valence-electron chi connectivity index (χ4n) is 3.17. The number of rotatable bonds is 8. The second-order valence-corrected chi connectivity index (χ2v) is 6.52. The lowest BCUT2D eigenvalue weighted by Crippen LogP contribution is -2.24. The van der Waals surface area contributed by atoms with Gasteiger partial charge in [-0.1, -0.05) is 66.4 Å². The maximum atomic E-state index is 12.8. The van der Waals surface area contributed by atoms with E-state index >= 15 is 0 Å². The van der Waals surface area contributed by atoms with Crippen molar-refractivity contribution in [2.24, 2.45) is 0 Å². The molecule has 0 aliphatic carbocycles. The van der Waals surface area contributed by atoms with Crippen molar-refractivity contribution in [1.29, 1.82) is 0 Å². The molecule has 0 saturated carbocycles. The summed E-state index contributed by atoms with van der Waals surface area (Å²) in [5, 5.41) is 4.71. The summed E-state index contributed by atoms with van der Waals surface area (Å²) in [6.07, 6.45) is 2.58. The normalized spacial score (nSPS) is 10.0. The van der Waals surface area contributed by atoms with E-state index in [2.05, 4.69) is 23.7 Å². The van der Waals surface area contributed by atoms with E-state index in [-0.39, 0.29) is 19.1 Å². The van der Waals surface area contributed by atoms with E-state index < -0.39 is 0 Å². The average Bonchev–Trinajstić information content (AvgIpc) is 2.77. The summed E-state index contributed by atoms with van der Waals surface area (Å²) in [5.74, 6) is 7.05. The highest BCUT2D eigenvalue weighted by molar-refractivity contribution is 6.09. The number of carbonyl (C=O) groups excluding carboxylic acids is 1. The molecular weight excluding hydrogens is 374 g/mol. The number of hydrogen-bond donors (Lipinski definition) is 1. The number of allylic oxidation sites excluding steroid dienone is 1. The molecule has 0 spiro atoms. The third-order valence-corrected chi connectivity index (χ3v) is 4.52. The van der Waals surface area contributed by atoms with Gasteiger partial charge < -0.3 is 14.8 Å². The minimum absolute atomic E-state index is 0.207. The van der Waals surface area contributed by atoms with Crippen LogP contribution in [-0.4, -0.2) is 25.7 Å². The fourth-order valence-corrected chi connectivity index (χ4v) is 3.17. The van der Waals surface area contributed by atoms with Crippen LogP contribution < -0.4 is 14.8 Å². The van der Waals surface area contributed by atoms with Crippen molar-refractivity contribution in [2.75, 3.05) is 19.8 Å². The van der Waals surface area contributed by atoms with Crippen molar-refractivity contribution in [3.63, 3.8) is 0 Å². The van der Waals surface area contributed by atoms with Gasteiger partial charge in [0.15, 0.2) is 0 Å². The minimum Gasteiger partial charge on any atom is -0.493 e. The first-order chi connectivity index (χ1) is 14.7. The predicted molar refractivity (Wildman–Crippen MR) is 121 cm³/mol. The minimum atomic E-state index is -0.207. The molecule has 1 N–H and O–H groups in total. The second kappa shape index (κ2) is 10.7. The Morgan fingerprint density at radius 1 is 1.00 bits per heavy atom. The predicted octanol–water partition coefficient (Wildman–Crippen LogP) is 4.78. The van der Waals surface area contributed by atoms with Gasteiger partial charge in [0.1, 0.15) is 18.1 Å². The van der Waals surface area contributed by atoms with Gasteiger partial charge >= 0.3 is 0 Å². The SMILES string of the molecule is C=CCc1ccccc1OCC#CCNC(=O)c1c(OCC)ccc2ccccc12. The lowest BCUT2D eigenvalue weighted by molar-refractivity contribution is 0.0956. The molecule has 0 atom stereocenters. The number of nitrogens with one attached hydrogen (secondary N) is 1. The summed E-state index contributed by atoms with van der Waals surface area (Å²) >= 11 is 0. The Hall–Kier alpha value is -3.71. The van der Waals surface area contributed by atoms with Gasteiger partial charge in [0.2, 0.25) is 0 Å². The van der Waals surface area contributed by atoms with Gasteiger partial charge in [0.25, 0.3) is 5.91 Å². The van der Waals surface area contributed by atoms with Crippen LogP contribution in [0.15, 0.2) is 73.3 Å². The molecule has 4 heteroatoms. The molecule has 0 heterocycles. The van der Waals surface area contributed by atoms with E-state index in [1.54, 1.807) is 0 Å². The van der Waals surface area contributed by atoms with Crippen LogP contribution in [-0.2, 0) is 6.42 Å². The first-order valence-electron chi connectivity index (χ1n) is 9.94. The molecular formula is C26H25NO3. The number of hydrogen-bond acceptors (Lipinski definition) is 3. The number of benzene rings is 3. The summed E-state index contributed by atoms with van der Waals surface area (Å²) in [7, 11) is 0. The molecule has 152 valence electrons. The first kappa shape index (κ1) is 21.0. The second-order valence-electron chi connectivity index (χ2n) is 6.52. The van der Waals surface area contributed by atoms with Crippen LogP contribution >= 0.6 is 0 Å². The average molecular weight is 399 g/mol. The number of para-hydroxylation sites is 1. The van der Waals surface area contributed by atoms with E-state index in [9.17, 15) is 4.79 Å². The Morgan fingerprint density at radius 3 is 2.63 bits per heavy atom. The van der Waals surface area contributed by atoms with Crippen LogP contribution in [0.4, 0.5) is 0 Å². The molecule has 0 aromatic heterocycles. The van der Waals surface area contributed by atoms with Crippen molar-refractivity contribution >= 4 is 16.7 Å². The van der Waals surface area contributed by atoms with Gasteiger partial charge in [-0.2, -0.15) is 0 Å². The summed E-state index contributed by atoms with van der Waals surface area (Å²) in [6, 6.07) is 19.4. The Morgan fingerprint density at radius 2 is 1.80 bits per heavy atom. The molecule has 3 aromatic carbocycles. The zero-order valence-electron chi connectivity index (χ0n) is 17.1. The van der Waals surface area contributed by atoms with E-state index in [1.165, 1.54) is 0 Å². The van der Waals surface area contributed by atoms with Gasteiger partial charge in [-0.3, -0.25) is 4.79 Å². The van der Waals surface area contributed by atoms with Gasteiger partial charge in [-0.15, -0.1) is 6.58 Å². The summed E-state index contributed by atoms with van der Waals surface area (Å²) in [6.45, 7) is 6.63. The summed E-state index contributed by atoms with van der Waals surface area (Å²) in [4.78, 5) is 12.8. The quantitative estimate of drug-likeness (QED) is 0.438. The van der Waals surface area contributed by atoms with E-state index in [1.807, 2.05) is 73.7 Å². The largest absolute Gasteiger partial charge is 0.493 e. The van der Waals surface area contributed by atoms with Crippen LogP contribution in [0.1, 0.15) is 22.8 Å². The number of ether oxygens (including phenoxy) is 2. The van der Waals surface area contributed by atoms with E-state index in [4.69, 9.17) is 9.47 Å². The highest BCUT2D eigenvalue weighted by Gasteiger charge is 2.15. The molecule has 0 bridgehead atoms. The third-order valence-electron chi connectivity index (χ3n) is 4.52. The molecule has 0 aliphatic heterocycles. The van der Waals surface area contributed by atoms with Crippen LogP contribution in [0.3, 0.4) is 0 Å². The lowest BCUT2D eigenvalue weighted by atomic mass is 10.0. The topological polar surface area (TPSA) is 47.6 Å². The third kappa shape index (κ3) is 5.21.